The number of aryl methyl sites for hydroxylation is 1. The maximum Gasteiger partial charge on any atom is 0.243 e. The summed E-state index contributed by atoms with van der Waals surface area (Å²) < 4.78 is 38.0. The predicted octanol–water partition coefficient (Wildman–Crippen LogP) is 1.61. The second kappa shape index (κ2) is 5.72. The summed E-state index contributed by atoms with van der Waals surface area (Å²) in [7, 11) is -1.90. The van der Waals surface area contributed by atoms with Gasteiger partial charge in [0.25, 0.3) is 0 Å². The summed E-state index contributed by atoms with van der Waals surface area (Å²) >= 11 is 0. The average molecular weight is 326 g/mol. The van der Waals surface area contributed by atoms with E-state index in [4.69, 9.17) is 15.2 Å². The van der Waals surface area contributed by atoms with Gasteiger partial charge in [-0.25, -0.2) is 8.42 Å². The summed E-state index contributed by atoms with van der Waals surface area (Å²) in [4.78, 5) is 0.286. The Morgan fingerprint density at radius 3 is 2.36 bits per heavy atom. The van der Waals surface area contributed by atoms with Gasteiger partial charge >= 0.3 is 0 Å². The Balaban J connectivity index is 1.89. The lowest BCUT2D eigenvalue weighted by Crippen LogP contribution is -2.41. The van der Waals surface area contributed by atoms with E-state index >= 15 is 0 Å². The molecule has 0 aromatic heterocycles. The van der Waals surface area contributed by atoms with Crippen LogP contribution in [-0.4, -0.2) is 38.6 Å². The van der Waals surface area contributed by atoms with Crippen LogP contribution < -0.4 is 15.2 Å². The van der Waals surface area contributed by atoms with Crippen LogP contribution in [0.2, 0.25) is 0 Å². The molecule has 0 unspecified atom stereocenters. The van der Waals surface area contributed by atoms with Gasteiger partial charge in [0.2, 0.25) is 16.8 Å². The van der Waals surface area contributed by atoms with Crippen LogP contribution >= 0.6 is 0 Å². The third-order valence-corrected chi connectivity index (χ3v) is 6.63. The monoisotopic (exact) mass is 326 g/mol. The van der Waals surface area contributed by atoms with Gasteiger partial charge in [-0.3, -0.25) is 0 Å². The molecule has 1 aromatic rings. The Hall–Kier alpha value is -1.31. The highest BCUT2D eigenvalue weighted by Gasteiger charge is 2.32. The van der Waals surface area contributed by atoms with Crippen LogP contribution in [0.3, 0.4) is 0 Å². The number of fused-ring (bicyclic) bond motifs is 1. The largest absolute Gasteiger partial charge is 0.454 e. The molecule has 0 amide bonds. The number of rotatable bonds is 3. The molecule has 122 valence electrons. The first-order chi connectivity index (χ1) is 10.4. The third-order valence-electron chi connectivity index (χ3n) is 4.58. The first kappa shape index (κ1) is 15.6. The van der Waals surface area contributed by atoms with Crippen molar-refractivity contribution in [3.8, 4) is 11.5 Å². The van der Waals surface area contributed by atoms with Crippen LogP contribution in [0.25, 0.3) is 0 Å². The molecule has 6 nitrogen and oxygen atoms in total. The van der Waals surface area contributed by atoms with Crippen LogP contribution in [0.1, 0.15) is 31.2 Å². The number of hydrogen-bond donors (Lipinski definition) is 1. The van der Waals surface area contributed by atoms with Crippen LogP contribution in [0.15, 0.2) is 17.0 Å². The van der Waals surface area contributed by atoms with Crippen molar-refractivity contribution in [2.75, 3.05) is 13.8 Å². The molecule has 1 aromatic carbocycles. The van der Waals surface area contributed by atoms with E-state index in [1.54, 1.807) is 26.1 Å². The second-order valence-corrected chi connectivity index (χ2v) is 8.03. The lowest BCUT2D eigenvalue weighted by molar-refractivity contribution is 0.174. The maximum absolute atomic E-state index is 12.9. The smallest absolute Gasteiger partial charge is 0.243 e. The van der Waals surface area contributed by atoms with Crippen molar-refractivity contribution < 1.29 is 17.9 Å². The molecule has 0 radical (unpaired) electrons. The number of sulfonamides is 1. The van der Waals surface area contributed by atoms with E-state index in [0.717, 1.165) is 25.7 Å². The van der Waals surface area contributed by atoms with Gasteiger partial charge in [0, 0.05) is 25.2 Å². The molecule has 0 atom stereocenters. The fourth-order valence-corrected chi connectivity index (χ4v) is 4.75. The standard InChI is InChI=1S/C15H22N2O4S/c1-10-7-13-14(21-9-20-13)8-15(10)22(18,19)17(2)12-5-3-11(16)4-6-12/h7-8,11-12H,3-6,9,16H2,1-2H3. The quantitative estimate of drug-likeness (QED) is 0.912. The minimum absolute atomic E-state index is 0.00891. The normalized spacial score (nSPS) is 24.7. The fraction of sp³-hybridized carbons (Fsp3) is 0.600. The van der Waals surface area contributed by atoms with Gasteiger partial charge in [0.05, 0.1) is 4.90 Å². The first-order valence-electron chi connectivity index (χ1n) is 7.53. The maximum atomic E-state index is 12.9. The molecule has 1 aliphatic heterocycles. The van der Waals surface area contributed by atoms with Gasteiger partial charge in [-0.15, -0.1) is 0 Å². The molecule has 1 aliphatic carbocycles. The Bertz CT molecular complexity index is 666. The van der Waals surface area contributed by atoms with Crippen LogP contribution in [0.5, 0.6) is 11.5 Å². The van der Waals surface area contributed by atoms with Crippen molar-refractivity contribution in [2.45, 2.75) is 49.6 Å². The highest BCUT2D eigenvalue weighted by Crippen LogP contribution is 2.37. The molecule has 1 fully saturated rings. The van der Waals surface area contributed by atoms with E-state index in [0.29, 0.717) is 17.1 Å². The summed E-state index contributed by atoms with van der Waals surface area (Å²) in [6, 6.07) is 3.49. The number of benzene rings is 1. The van der Waals surface area contributed by atoms with Crippen LogP contribution in [-0.2, 0) is 10.0 Å². The summed E-state index contributed by atoms with van der Waals surface area (Å²) in [6.45, 7) is 1.91. The molecule has 2 N–H and O–H groups in total. The predicted molar refractivity (Wildman–Crippen MR) is 82.5 cm³/mol. The van der Waals surface area contributed by atoms with Crippen molar-refractivity contribution in [1.29, 1.82) is 0 Å². The Morgan fingerprint density at radius 2 is 1.73 bits per heavy atom. The van der Waals surface area contributed by atoms with Gasteiger partial charge in [-0.2, -0.15) is 4.31 Å². The third kappa shape index (κ3) is 2.68. The van der Waals surface area contributed by atoms with E-state index < -0.39 is 10.0 Å². The molecule has 0 saturated heterocycles. The van der Waals surface area contributed by atoms with Gasteiger partial charge in [-0.1, -0.05) is 0 Å². The van der Waals surface area contributed by atoms with Crippen molar-refractivity contribution in [3.63, 3.8) is 0 Å². The number of nitrogens with zero attached hydrogens (tertiary/aromatic N) is 1. The Labute approximate surface area is 131 Å². The van der Waals surface area contributed by atoms with Crippen molar-refractivity contribution in [2.24, 2.45) is 5.73 Å². The summed E-state index contributed by atoms with van der Waals surface area (Å²) in [6.07, 6.45) is 3.34. The Morgan fingerprint density at radius 1 is 1.14 bits per heavy atom. The van der Waals surface area contributed by atoms with Crippen molar-refractivity contribution in [1.82, 2.24) is 4.31 Å². The molecule has 3 rings (SSSR count). The molecular weight excluding hydrogens is 304 g/mol. The zero-order chi connectivity index (χ0) is 15.9. The van der Waals surface area contributed by atoms with Gasteiger partial charge in [0.1, 0.15) is 0 Å². The molecule has 0 bridgehead atoms. The lowest BCUT2D eigenvalue weighted by Gasteiger charge is -2.33. The molecule has 1 saturated carbocycles. The topological polar surface area (TPSA) is 81.9 Å². The van der Waals surface area contributed by atoms with Gasteiger partial charge < -0.3 is 15.2 Å². The molecule has 22 heavy (non-hydrogen) atoms. The fourth-order valence-electron chi connectivity index (χ4n) is 3.12. The van der Waals surface area contributed by atoms with Gasteiger partial charge in [-0.05, 0) is 44.2 Å². The Kier molecular flexibility index (Phi) is 4.05. The van der Waals surface area contributed by atoms with Crippen LogP contribution in [0.4, 0.5) is 0 Å². The van der Waals surface area contributed by atoms with E-state index in [1.165, 1.54) is 4.31 Å². The van der Waals surface area contributed by atoms with Crippen LogP contribution in [0, 0.1) is 6.92 Å². The molecule has 0 spiro atoms. The van der Waals surface area contributed by atoms with E-state index in [2.05, 4.69) is 0 Å². The molecule has 2 aliphatic rings. The minimum Gasteiger partial charge on any atom is -0.454 e. The van der Waals surface area contributed by atoms with E-state index in [9.17, 15) is 8.42 Å². The SMILES string of the molecule is Cc1cc2c(cc1S(=O)(=O)N(C)C1CCC(N)CC1)OCO2. The van der Waals surface area contributed by atoms with Crippen molar-refractivity contribution in [3.05, 3.63) is 17.7 Å². The number of ether oxygens (including phenoxy) is 2. The summed E-state index contributed by atoms with van der Waals surface area (Å²) in [5, 5.41) is 0. The van der Waals surface area contributed by atoms with E-state index in [-0.39, 0.29) is 23.8 Å². The zero-order valence-corrected chi connectivity index (χ0v) is 13.7. The number of nitrogens with two attached hydrogens (primary N) is 1. The second-order valence-electron chi connectivity index (χ2n) is 6.06. The summed E-state index contributed by atoms with van der Waals surface area (Å²) in [5.41, 5.74) is 6.57. The highest BCUT2D eigenvalue weighted by molar-refractivity contribution is 7.89. The lowest BCUT2D eigenvalue weighted by atomic mass is 9.92. The highest BCUT2D eigenvalue weighted by atomic mass is 32.2. The zero-order valence-electron chi connectivity index (χ0n) is 12.9. The average Bonchev–Trinajstić information content (AvgIpc) is 2.93. The van der Waals surface area contributed by atoms with E-state index in [1.807, 2.05) is 0 Å². The summed E-state index contributed by atoms with van der Waals surface area (Å²) in [5.74, 6) is 1.09. The first-order valence-corrected chi connectivity index (χ1v) is 8.97. The molecule has 1 heterocycles. The van der Waals surface area contributed by atoms with Crippen molar-refractivity contribution >= 4 is 10.0 Å². The molecule has 7 heteroatoms. The minimum atomic E-state index is -3.55. The van der Waals surface area contributed by atoms with Gasteiger partial charge in [0.15, 0.2) is 11.5 Å². The molecular formula is C15H22N2O4S. The number of hydrogen-bond acceptors (Lipinski definition) is 5.